The van der Waals surface area contributed by atoms with E-state index in [9.17, 15) is 32.1 Å². The van der Waals surface area contributed by atoms with Gasteiger partial charge in [-0.2, -0.15) is 4.39 Å². The van der Waals surface area contributed by atoms with Crippen molar-refractivity contribution >= 4 is 5.69 Å². The zero-order valence-electron chi connectivity index (χ0n) is 7.22. The summed E-state index contributed by atoms with van der Waals surface area (Å²) in [6, 6.07) is 0.618. The number of benzene rings is 1. The fourth-order valence-corrected chi connectivity index (χ4v) is 0.899. The van der Waals surface area contributed by atoms with Crippen molar-refractivity contribution in [1.29, 1.82) is 0 Å². The van der Waals surface area contributed by atoms with Crippen molar-refractivity contribution in [3.05, 3.63) is 33.9 Å². The molecule has 0 unspecified atom stereocenters. The van der Waals surface area contributed by atoms with Crippen molar-refractivity contribution < 1.29 is 31.6 Å². The van der Waals surface area contributed by atoms with Crippen molar-refractivity contribution in [3.8, 4) is 5.75 Å². The molecule has 1 aromatic carbocycles. The summed E-state index contributed by atoms with van der Waals surface area (Å²) >= 11 is 0. The van der Waals surface area contributed by atoms with Crippen molar-refractivity contribution in [2.45, 2.75) is 6.36 Å². The molecule has 0 aliphatic rings. The standard InChI is InChI=1S/C7H2F5NO3/c8-3-1-2-4(16-7(10,11)12)6(5(3)9)13(14)15/h1-2H. The van der Waals surface area contributed by atoms with Crippen LogP contribution in [0.4, 0.5) is 27.6 Å². The maximum Gasteiger partial charge on any atom is 0.573 e. The van der Waals surface area contributed by atoms with Crippen LogP contribution in [0.2, 0.25) is 0 Å². The summed E-state index contributed by atoms with van der Waals surface area (Å²) in [5.41, 5.74) is -1.70. The molecule has 0 atom stereocenters. The van der Waals surface area contributed by atoms with E-state index in [1.165, 1.54) is 0 Å². The SMILES string of the molecule is O=[N+]([O-])c1c(OC(F)(F)F)ccc(F)c1F. The van der Waals surface area contributed by atoms with Gasteiger partial charge in [-0.3, -0.25) is 10.1 Å². The Morgan fingerprint density at radius 3 is 2.25 bits per heavy atom. The Kier molecular flexibility index (Phi) is 2.97. The lowest BCUT2D eigenvalue weighted by Crippen LogP contribution is -2.18. The normalized spacial score (nSPS) is 11.3. The maximum atomic E-state index is 12.8. The minimum atomic E-state index is -5.23. The Balaban J connectivity index is 3.29. The van der Waals surface area contributed by atoms with Crippen LogP contribution in [-0.2, 0) is 0 Å². The molecule has 0 radical (unpaired) electrons. The first-order chi connectivity index (χ1) is 7.22. The van der Waals surface area contributed by atoms with E-state index in [0.29, 0.717) is 12.1 Å². The second kappa shape index (κ2) is 3.91. The molecule has 1 rings (SSSR count). The van der Waals surface area contributed by atoms with E-state index >= 15 is 0 Å². The first-order valence-electron chi connectivity index (χ1n) is 3.60. The van der Waals surface area contributed by atoms with Gasteiger partial charge in [0, 0.05) is 0 Å². The summed E-state index contributed by atoms with van der Waals surface area (Å²) in [6.07, 6.45) is -5.23. The average Bonchev–Trinajstić information content (AvgIpc) is 2.08. The summed E-state index contributed by atoms with van der Waals surface area (Å²) in [7, 11) is 0. The van der Waals surface area contributed by atoms with Gasteiger partial charge in [-0.25, -0.2) is 4.39 Å². The third kappa shape index (κ3) is 2.55. The molecule has 9 heteroatoms. The highest BCUT2D eigenvalue weighted by Crippen LogP contribution is 2.34. The molecule has 4 nitrogen and oxygen atoms in total. The highest BCUT2D eigenvalue weighted by Gasteiger charge is 2.36. The molecule has 0 heterocycles. The predicted octanol–water partition coefficient (Wildman–Crippen LogP) is 2.77. The van der Waals surface area contributed by atoms with E-state index in [1.807, 2.05) is 0 Å². The van der Waals surface area contributed by atoms with Crippen LogP contribution in [-0.4, -0.2) is 11.3 Å². The molecule has 0 N–H and O–H groups in total. The summed E-state index contributed by atoms with van der Waals surface area (Å²) in [6.45, 7) is 0. The zero-order chi connectivity index (χ0) is 12.5. The molecule has 88 valence electrons. The number of ether oxygens (including phenoxy) is 1. The van der Waals surface area contributed by atoms with Gasteiger partial charge < -0.3 is 4.74 Å². The Labute approximate surface area is 84.4 Å². The molecule has 0 spiro atoms. The number of nitrogens with zero attached hydrogens (tertiary/aromatic N) is 1. The van der Waals surface area contributed by atoms with Gasteiger partial charge in [-0.15, -0.1) is 13.2 Å². The van der Waals surface area contributed by atoms with Crippen LogP contribution in [0.5, 0.6) is 5.75 Å². The molecule has 0 aromatic heterocycles. The van der Waals surface area contributed by atoms with Crippen LogP contribution in [0.25, 0.3) is 0 Å². The topological polar surface area (TPSA) is 52.4 Å². The number of nitro groups is 1. The van der Waals surface area contributed by atoms with E-state index in [4.69, 9.17) is 0 Å². The minimum Gasteiger partial charge on any atom is -0.398 e. The Bertz CT molecular complexity index is 431. The number of hydrogen-bond donors (Lipinski definition) is 0. The van der Waals surface area contributed by atoms with Crippen LogP contribution in [0, 0.1) is 21.7 Å². The summed E-state index contributed by atoms with van der Waals surface area (Å²) in [5.74, 6) is -5.05. The lowest BCUT2D eigenvalue weighted by Gasteiger charge is -2.09. The second-order valence-corrected chi connectivity index (χ2v) is 2.51. The second-order valence-electron chi connectivity index (χ2n) is 2.51. The molecule has 0 amide bonds. The largest absolute Gasteiger partial charge is 0.573 e. The highest BCUT2D eigenvalue weighted by molar-refractivity contribution is 5.47. The van der Waals surface area contributed by atoms with Gasteiger partial charge in [0.15, 0.2) is 5.82 Å². The number of hydrogen-bond acceptors (Lipinski definition) is 3. The van der Waals surface area contributed by atoms with Crippen molar-refractivity contribution in [2.75, 3.05) is 0 Å². The lowest BCUT2D eigenvalue weighted by atomic mass is 10.2. The van der Waals surface area contributed by atoms with Gasteiger partial charge >= 0.3 is 12.0 Å². The molecule has 0 saturated heterocycles. The van der Waals surface area contributed by atoms with Crippen molar-refractivity contribution in [3.63, 3.8) is 0 Å². The fourth-order valence-electron chi connectivity index (χ4n) is 0.899. The maximum absolute atomic E-state index is 12.8. The van der Waals surface area contributed by atoms with Crippen LogP contribution in [0.3, 0.4) is 0 Å². The van der Waals surface area contributed by atoms with Gasteiger partial charge in [-0.1, -0.05) is 0 Å². The molecule has 0 aliphatic heterocycles. The highest BCUT2D eigenvalue weighted by atomic mass is 19.4. The third-order valence-corrected chi connectivity index (χ3v) is 1.44. The van der Waals surface area contributed by atoms with Gasteiger partial charge in [0.1, 0.15) is 0 Å². The third-order valence-electron chi connectivity index (χ3n) is 1.44. The van der Waals surface area contributed by atoms with Crippen LogP contribution in [0.15, 0.2) is 12.1 Å². The predicted molar refractivity (Wildman–Crippen MR) is 39.7 cm³/mol. The average molecular weight is 243 g/mol. The molecule has 0 bridgehead atoms. The Morgan fingerprint density at radius 2 is 1.81 bits per heavy atom. The summed E-state index contributed by atoms with van der Waals surface area (Å²) < 4.78 is 63.8. The molecule has 0 fully saturated rings. The lowest BCUT2D eigenvalue weighted by molar-refractivity contribution is -0.391. The molecule has 16 heavy (non-hydrogen) atoms. The van der Waals surface area contributed by atoms with Gasteiger partial charge in [-0.05, 0) is 12.1 Å². The van der Waals surface area contributed by atoms with Gasteiger partial charge in [0.25, 0.3) is 0 Å². The van der Waals surface area contributed by atoms with E-state index in [2.05, 4.69) is 4.74 Å². The molecule has 0 saturated carbocycles. The monoisotopic (exact) mass is 243 g/mol. The smallest absolute Gasteiger partial charge is 0.398 e. The Morgan fingerprint density at radius 1 is 1.25 bits per heavy atom. The summed E-state index contributed by atoms with van der Waals surface area (Å²) in [4.78, 5) is 8.73. The minimum absolute atomic E-state index is 0.295. The van der Waals surface area contributed by atoms with Gasteiger partial charge in [0.05, 0.1) is 4.92 Å². The van der Waals surface area contributed by atoms with Crippen LogP contribution in [0.1, 0.15) is 0 Å². The number of halogens is 5. The van der Waals surface area contributed by atoms with E-state index in [0.717, 1.165) is 0 Å². The molecular formula is C7H2F5NO3. The fraction of sp³-hybridized carbons (Fsp3) is 0.143. The van der Waals surface area contributed by atoms with E-state index in [-0.39, 0.29) is 0 Å². The van der Waals surface area contributed by atoms with Crippen molar-refractivity contribution in [2.24, 2.45) is 0 Å². The zero-order valence-corrected chi connectivity index (χ0v) is 7.22. The number of nitro benzene ring substituents is 1. The molecule has 0 aliphatic carbocycles. The molecular weight excluding hydrogens is 241 g/mol. The van der Waals surface area contributed by atoms with Crippen molar-refractivity contribution in [1.82, 2.24) is 0 Å². The molecule has 1 aromatic rings. The van der Waals surface area contributed by atoms with E-state index < -0.39 is 34.4 Å². The number of alkyl halides is 3. The first kappa shape index (κ1) is 12.1. The van der Waals surface area contributed by atoms with Crippen LogP contribution < -0.4 is 4.74 Å². The van der Waals surface area contributed by atoms with Gasteiger partial charge in [0.2, 0.25) is 11.6 Å². The van der Waals surface area contributed by atoms with Crippen LogP contribution >= 0.6 is 0 Å². The summed E-state index contributed by atoms with van der Waals surface area (Å²) in [5, 5.41) is 10.2. The first-order valence-corrected chi connectivity index (χ1v) is 3.60. The Hall–Kier alpha value is -1.93. The quantitative estimate of drug-likeness (QED) is 0.456. The number of rotatable bonds is 2. The van der Waals surface area contributed by atoms with E-state index in [1.54, 1.807) is 0 Å².